The molecule has 4 aliphatic carbocycles. The van der Waals surface area contributed by atoms with Gasteiger partial charge in [-0.1, -0.05) is 100 Å². The maximum absolute atomic E-state index is 18.0. The molecule has 4 aromatic rings. The number of alkyl halides is 2. The first-order chi connectivity index (χ1) is 50.3. The van der Waals surface area contributed by atoms with Gasteiger partial charge in [0.25, 0.3) is 0 Å². The molecule has 0 radical (unpaired) electrons. The van der Waals surface area contributed by atoms with Crippen LogP contribution in [0.3, 0.4) is 0 Å². The third-order valence-electron chi connectivity index (χ3n) is 21.4. The Morgan fingerprint density at radius 3 is 2.20 bits per heavy atom. The van der Waals surface area contributed by atoms with Crippen molar-refractivity contribution in [2.45, 2.75) is 160 Å². The smallest absolute Gasteiger partial charge is 0.407 e. The van der Waals surface area contributed by atoms with Crippen molar-refractivity contribution in [1.82, 2.24) is 36.3 Å². The van der Waals surface area contributed by atoms with Gasteiger partial charge in [-0.3, -0.25) is 33.6 Å². The number of carbonyl (C=O) groups excluding carboxylic acids is 9. The number of anilines is 2. The molecule has 0 bridgehead atoms. The van der Waals surface area contributed by atoms with Gasteiger partial charge >= 0.3 is 12.1 Å². The number of halogens is 2. The first-order valence-corrected chi connectivity index (χ1v) is 36.3. The molecule has 12 atom stereocenters. The van der Waals surface area contributed by atoms with E-state index in [2.05, 4.69) is 36.9 Å². The van der Waals surface area contributed by atoms with Gasteiger partial charge < -0.3 is 75.5 Å². The minimum atomic E-state index is -2.39. The number of benzene rings is 3. The highest BCUT2D eigenvalue weighted by atomic mass is 19.1. The molecule has 0 spiro atoms. The van der Waals surface area contributed by atoms with Crippen molar-refractivity contribution in [2.24, 2.45) is 47.3 Å². The highest BCUT2D eigenvalue weighted by Crippen LogP contribution is 2.72. The maximum Gasteiger partial charge on any atom is 0.407 e. The minimum absolute atomic E-state index is 0.00180. The summed E-state index contributed by atoms with van der Waals surface area (Å²) >= 11 is 0. The Balaban J connectivity index is 0.595. The second-order valence-electron chi connectivity index (χ2n) is 28.5. The predicted octanol–water partition coefficient (Wildman–Crippen LogP) is 7.16. The summed E-state index contributed by atoms with van der Waals surface area (Å²) in [5.41, 5.74) is 4.00. The Morgan fingerprint density at radius 2 is 1.50 bits per heavy atom. The van der Waals surface area contributed by atoms with E-state index in [1.165, 1.54) is 19.1 Å². The molecule has 7 amide bonds. The Hall–Kier alpha value is -8.71. The number of aromatic nitrogens is 3. The van der Waals surface area contributed by atoms with Gasteiger partial charge in [-0.25, -0.2) is 23.1 Å². The number of hydrogen-bond donors (Lipinski definition) is 7. The molecule has 4 fully saturated rings. The number of Topliss-reactive ketones (excluding diaryl/α,β-unsaturated/α-hetero) is 2. The number of urea groups is 1. The van der Waals surface area contributed by atoms with Crippen molar-refractivity contribution in [2.75, 3.05) is 82.7 Å². The van der Waals surface area contributed by atoms with Crippen LogP contribution in [-0.4, -0.2) is 188 Å². The number of nitrogens with zero attached hydrogens (tertiary/aromatic N) is 4. The zero-order valence-electron chi connectivity index (χ0n) is 60.4. The number of aliphatic hydroxyl groups excluding tert-OH is 1. The lowest BCUT2D eigenvalue weighted by Crippen LogP contribution is -2.71. The Kier molecular flexibility index (Phi) is 26.4. The van der Waals surface area contributed by atoms with E-state index in [4.69, 9.17) is 38.9 Å². The summed E-state index contributed by atoms with van der Waals surface area (Å²) in [5, 5.41) is 34.1. The van der Waals surface area contributed by atoms with Gasteiger partial charge in [-0.2, -0.15) is 0 Å². The summed E-state index contributed by atoms with van der Waals surface area (Å²) in [6.45, 7) is 10.5. The van der Waals surface area contributed by atoms with Crippen LogP contribution in [0.2, 0.25) is 0 Å². The zero-order valence-corrected chi connectivity index (χ0v) is 60.4. The number of nitrogens with one attached hydrogen (secondary N) is 5. The number of primary amides is 1. The number of nitrogens with two attached hydrogens (primary N) is 1. The normalized spacial score (nSPS) is 25.3. The standard InChI is InChI=1S/C76H98F2N10O17/c1-7-13-66-104-62-41-54-55-40-57(77)56-39-51(89)25-27-73(56,4)75(55,78)60(91)42-74(54,5)76(62,105-66)61(92)43-82-72(98)103-45-47-19-21-50(22-20-47)83-70(96)48(15-12-28-81-71(79)97)38-59(90)67(46(2)3)84-64(94)26-30-99-32-34-101-36-37-102-35-33-100-31-29-80-63(93)23-24-65(95)88-44-49-14-8-9-16-52(49)69-68(85-86-87(69)6)53-17-10-11-18-58(53)88/h8-11,14,16-22,25,27,39,46,48,54-55,57,60,62,66-67,91H,7,12-13,15,23-24,26,28-38,40-45H2,1-6H3,(H,80,93)(H,82,98)(H,83,96)(H,84,94)(H3,79,81,97)/t48-,54+,55+,57+,60+,62-,66+,67+,73+,74+,75+,76-/m1/s1. The van der Waals surface area contributed by atoms with Gasteiger partial charge in [0.15, 0.2) is 34.9 Å². The largest absolute Gasteiger partial charge is 0.445 e. The van der Waals surface area contributed by atoms with Crippen LogP contribution in [0, 0.1) is 34.5 Å². The SMILES string of the molecule is CCC[C@H]1O[C@@H]2C[C@H]3[C@@H]4C[C@H](F)C5=CC(=O)C=C[C@]5(C)[C@@]4(F)[C@@H](O)C[C@]3(C)[C@]2(C(=O)CNC(=O)OCc2ccc(NC(=O)[C@H](CCCNC(N)=O)CC(=O)[C@@H](NC(=O)CCOCCOCCOCCOCCNC(=O)CCC(=O)N3Cc4ccccc4-c4c(nnn4C)-c4ccccc43)C(C)C)cc2)O1. The summed E-state index contributed by atoms with van der Waals surface area (Å²) < 4.78 is 76.7. The number of ether oxygens (including phenoxy) is 7. The monoisotopic (exact) mass is 1460 g/mol. The lowest BCUT2D eigenvalue weighted by atomic mass is 9.44. The zero-order chi connectivity index (χ0) is 75.2. The number of fused-ring (bicyclic) bond motifs is 12. The number of alkyl carbamates (subject to hydrolysis) is 1. The molecule has 568 valence electrons. The molecule has 10 rings (SSSR count). The van der Waals surface area contributed by atoms with Crippen LogP contribution < -0.4 is 37.2 Å². The average Bonchev–Trinajstić information content (AvgIpc) is 1.13. The molecule has 2 aliphatic heterocycles. The molecule has 1 saturated heterocycles. The molecule has 3 heterocycles. The van der Waals surface area contributed by atoms with Crippen molar-refractivity contribution in [3.05, 3.63) is 108 Å². The van der Waals surface area contributed by atoms with Crippen molar-refractivity contribution in [1.29, 1.82) is 0 Å². The van der Waals surface area contributed by atoms with Crippen molar-refractivity contribution >= 4 is 64.5 Å². The highest BCUT2D eigenvalue weighted by molar-refractivity contribution is 6.03. The molecule has 6 aliphatic rings. The number of aliphatic hydroxyl groups is 1. The Labute approximate surface area is 609 Å². The number of amides is 7. The number of aryl methyl sites for hydroxylation is 1. The van der Waals surface area contributed by atoms with E-state index in [0.29, 0.717) is 61.7 Å². The van der Waals surface area contributed by atoms with E-state index in [9.17, 15) is 48.3 Å². The molecule has 8 N–H and O–H groups in total. The molecule has 1 aromatic heterocycles. The second-order valence-corrected chi connectivity index (χ2v) is 28.5. The Bertz CT molecular complexity index is 3870. The van der Waals surface area contributed by atoms with Crippen LogP contribution >= 0.6 is 0 Å². The summed E-state index contributed by atoms with van der Waals surface area (Å²) in [5.74, 6) is -5.82. The fourth-order valence-corrected chi connectivity index (χ4v) is 16.2. The van der Waals surface area contributed by atoms with Crippen LogP contribution in [0.25, 0.3) is 22.5 Å². The topological polar surface area (TPSA) is 359 Å². The number of allylic oxidation sites excluding steroid dienone is 4. The predicted molar refractivity (Wildman–Crippen MR) is 380 cm³/mol. The summed E-state index contributed by atoms with van der Waals surface area (Å²) in [6, 6.07) is 20.1. The van der Waals surface area contributed by atoms with E-state index in [1.807, 2.05) is 62.5 Å². The number of hydrogen-bond acceptors (Lipinski definition) is 19. The quantitative estimate of drug-likeness (QED) is 0.0222. The molecule has 27 nitrogen and oxygen atoms in total. The Morgan fingerprint density at radius 1 is 0.810 bits per heavy atom. The van der Waals surface area contributed by atoms with E-state index in [0.717, 1.165) is 28.5 Å². The van der Waals surface area contributed by atoms with Gasteiger partial charge in [-0.05, 0) is 104 Å². The highest BCUT2D eigenvalue weighted by Gasteiger charge is 2.80. The number of ketones is 3. The molecule has 3 aromatic carbocycles. The van der Waals surface area contributed by atoms with Crippen LogP contribution in [0.1, 0.15) is 116 Å². The number of para-hydroxylation sites is 1. The van der Waals surface area contributed by atoms with Gasteiger partial charge in [0, 0.05) is 85.3 Å². The second kappa shape index (κ2) is 35.1. The third-order valence-corrected chi connectivity index (χ3v) is 21.4. The summed E-state index contributed by atoms with van der Waals surface area (Å²) in [7, 11) is 1.85. The molecule has 3 saturated carbocycles. The van der Waals surface area contributed by atoms with Crippen molar-refractivity contribution < 1.29 is 90.2 Å². The minimum Gasteiger partial charge on any atom is -0.445 e. The van der Waals surface area contributed by atoms with E-state index in [1.54, 1.807) is 54.6 Å². The van der Waals surface area contributed by atoms with Crippen molar-refractivity contribution in [3.63, 3.8) is 0 Å². The van der Waals surface area contributed by atoms with Gasteiger partial charge in [0.05, 0.1) is 95.6 Å². The summed E-state index contributed by atoms with van der Waals surface area (Å²) in [4.78, 5) is 121. The van der Waals surface area contributed by atoms with Crippen LogP contribution in [0.4, 0.5) is 29.7 Å². The van der Waals surface area contributed by atoms with Gasteiger partial charge in [-0.15, -0.1) is 5.10 Å². The fraction of sp³-hybridized carbons (Fsp3) is 0.566. The lowest BCUT2D eigenvalue weighted by Gasteiger charge is -2.63. The van der Waals surface area contributed by atoms with E-state index < -0.39 is 113 Å². The third kappa shape index (κ3) is 17.6. The van der Waals surface area contributed by atoms with Gasteiger partial charge in [0.2, 0.25) is 23.6 Å². The molecule has 0 unspecified atom stereocenters. The first kappa shape index (κ1) is 78.9. The lowest BCUT2D eigenvalue weighted by molar-refractivity contribution is -0.233. The maximum atomic E-state index is 18.0. The van der Waals surface area contributed by atoms with E-state index in [-0.39, 0.29) is 140 Å². The van der Waals surface area contributed by atoms with Crippen LogP contribution in [0.15, 0.2) is 96.6 Å². The van der Waals surface area contributed by atoms with E-state index >= 15 is 8.78 Å². The molecule has 105 heavy (non-hydrogen) atoms. The number of carbonyl (C=O) groups is 9. The average molecular weight is 1460 g/mol. The van der Waals surface area contributed by atoms with Crippen LogP contribution in [-0.2, 0) is 86.9 Å². The summed E-state index contributed by atoms with van der Waals surface area (Å²) in [6.07, 6.45) is -1.50. The van der Waals surface area contributed by atoms with Crippen LogP contribution in [0.5, 0.6) is 0 Å². The van der Waals surface area contributed by atoms with Crippen molar-refractivity contribution in [3.8, 4) is 22.5 Å². The molecular formula is C76H98F2N10O17. The molecule has 29 heteroatoms. The first-order valence-electron chi connectivity index (χ1n) is 36.3. The fourth-order valence-electron chi connectivity index (χ4n) is 16.2. The molecular weight excluding hydrogens is 1360 g/mol. The van der Waals surface area contributed by atoms with Gasteiger partial charge in [0.1, 0.15) is 18.5 Å². The number of rotatable bonds is 36.